The van der Waals surface area contributed by atoms with Gasteiger partial charge in [0.2, 0.25) is 0 Å². The van der Waals surface area contributed by atoms with E-state index < -0.39 is 0 Å². The van der Waals surface area contributed by atoms with Crippen molar-refractivity contribution < 1.29 is 4.74 Å². The van der Waals surface area contributed by atoms with Crippen LogP contribution in [0.15, 0.2) is 30.3 Å². The summed E-state index contributed by atoms with van der Waals surface area (Å²) < 4.78 is 5.84. The number of hydrogen-bond donors (Lipinski definition) is 1. The van der Waals surface area contributed by atoms with Crippen molar-refractivity contribution in [2.75, 3.05) is 19.7 Å². The van der Waals surface area contributed by atoms with E-state index in [4.69, 9.17) is 4.74 Å². The van der Waals surface area contributed by atoms with Crippen LogP contribution in [0.1, 0.15) is 31.2 Å². The molecule has 18 heavy (non-hydrogen) atoms. The second-order valence-corrected chi connectivity index (χ2v) is 6.03. The van der Waals surface area contributed by atoms with Gasteiger partial charge < -0.3 is 10.1 Å². The highest BCUT2D eigenvalue weighted by molar-refractivity contribution is 5.13. The fourth-order valence-electron chi connectivity index (χ4n) is 3.57. The summed E-state index contributed by atoms with van der Waals surface area (Å²) >= 11 is 0. The number of hydrogen-bond acceptors (Lipinski definition) is 2. The number of benzene rings is 1. The zero-order chi connectivity index (χ0) is 12.3. The molecule has 0 unspecified atom stereocenters. The topological polar surface area (TPSA) is 21.3 Å². The minimum atomic E-state index is 0.687. The Kier molecular flexibility index (Phi) is 3.67. The maximum absolute atomic E-state index is 5.84. The molecule has 3 rings (SSSR count). The van der Waals surface area contributed by atoms with E-state index in [0.29, 0.717) is 5.41 Å². The Morgan fingerprint density at radius 3 is 2.56 bits per heavy atom. The average molecular weight is 245 g/mol. The van der Waals surface area contributed by atoms with Gasteiger partial charge in [0.15, 0.2) is 0 Å². The molecule has 2 nitrogen and oxygen atoms in total. The molecule has 2 aliphatic rings. The molecule has 0 radical (unpaired) electrons. The fourth-order valence-corrected chi connectivity index (χ4v) is 3.57. The van der Waals surface area contributed by atoms with Gasteiger partial charge >= 0.3 is 0 Å². The van der Waals surface area contributed by atoms with Crippen LogP contribution in [0, 0.1) is 11.3 Å². The monoisotopic (exact) mass is 245 g/mol. The van der Waals surface area contributed by atoms with Gasteiger partial charge in [-0.2, -0.15) is 0 Å². The first-order valence-electron chi connectivity index (χ1n) is 7.19. The Balaban J connectivity index is 1.36. The van der Waals surface area contributed by atoms with Gasteiger partial charge in [-0.1, -0.05) is 30.3 Å². The molecule has 98 valence electrons. The lowest BCUT2D eigenvalue weighted by Crippen LogP contribution is -2.46. The molecule has 0 atom stereocenters. The summed E-state index contributed by atoms with van der Waals surface area (Å²) in [6, 6.07) is 10.5. The quantitative estimate of drug-likeness (QED) is 0.880. The van der Waals surface area contributed by atoms with Crippen LogP contribution in [0.2, 0.25) is 0 Å². The van der Waals surface area contributed by atoms with Crippen LogP contribution < -0.4 is 5.32 Å². The van der Waals surface area contributed by atoms with Crippen LogP contribution in [0.25, 0.3) is 0 Å². The van der Waals surface area contributed by atoms with E-state index in [1.54, 1.807) is 0 Å². The molecule has 0 bridgehead atoms. The summed E-state index contributed by atoms with van der Waals surface area (Å²) in [5.74, 6) is 0.812. The SMILES string of the molecule is c1ccc(COCC2CC3(CCNCC3)C2)cc1. The van der Waals surface area contributed by atoms with Crippen LogP contribution in [-0.2, 0) is 11.3 Å². The molecule has 1 aliphatic carbocycles. The molecule has 0 amide bonds. The maximum Gasteiger partial charge on any atom is 0.0717 e. The van der Waals surface area contributed by atoms with E-state index in [2.05, 4.69) is 35.6 Å². The molecule has 0 aromatic heterocycles. The third-order valence-corrected chi connectivity index (χ3v) is 4.57. The molecule has 1 spiro atoms. The van der Waals surface area contributed by atoms with Gasteiger partial charge in [-0.15, -0.1) is 0 Å². The fraction of sp³-hybridized carbons (Fsp3) is 0.625. The second kappa shape index (κ2) is 5.41. The van der Waals surface area contributed by atoms with Crippen molar-refractivity contribution >= 4 is 0 Å². The summed E-state index contributed by atoms with van der Waals surface area (Å²) in [7, 11) is 0. The van der Waals surface area contributed by atoms with Gasteiger partial charge in [0.1, 0.15) is 0 Å². The van der Waals surface area contributed by atoms with Crippen molar-refractivity contribution in [1.29, 1.82) is 0 Å². The summed E-state index contributed by atoms with van der Waals surface area (Å²) in [6.45, 7) is 4.16. The predicted octanol–water partition coefficient (Wildman–Crippen LogP) is 2.98. The third kappa shape index (κ3) is 2.76. The molecule has 1 aliphatic heterocycles. The van der Waals surface area contributed by atoms with Crippen molar-refractivity contribution in [3.63, 3.8) is 0 Å². The Bertz CT molecular complexity index is 362. The lowest BCUT2D eigenvalue weighted by molar-refractivity contribution is -0.0346. The molecule has 1 saturated carbocycles. The van der Waals surface area contributed by atoms with Crippen LogP contribution in [0.5, 0.6) is 0 Å². The Morgan fingerprint density at radius 1 is 1.11 bits per heavy atom. The van der Waals surface area contributed by atoms with Gasteiger partial charge in [0, 0.05) is 6.61 Å². The van der Waals surface area contributed by atoms with Gasteiger partial charge in [-0.05, 0) is 55.7 Å². The highest BCUT2D eigenvalue weighted by atomic mass is 16.5. The highest BCUT2D eigenvalue weighted by Gasteiger charge is 2.44. The highest BCUT2D eigenvalue weighted by Crippen LogP contribution is 2.51. The maximum atomic E-state index is 5.84. The molecule has 2 heteroatoms. The Hall–Kier alpha value is -0.860. The molecule has 1 aromatic carbocycles. The first kappa shape index (κ1) is 12.2. The molecule has 1 aromatic rings. The van der Waals surface area contributed by atoms with Gasteiger partial charge in [0.25, 0.3) is 0 Å². The van der Waals surface area contributed by atoms with Crippen LogP contribution in [0.3, 0.4) is 0 Å². The summed E-state index contributed by atoms with van der Waals surface area (Å²) in [4.78, 5) is 0. The zero-order valence-electron chi connectivity index (χ0n) is 11.0. The first-order chi connectivity index (χ1) is 8.86. The number of nitrogens with one attached hydrogen (secondary N) is 1. The van der Waals surface area contributed by atoms with Crippen molar-refractivity contribution in [2.24, 2.45) is 11.3 Å². The number of ether oxygens (including phenoxy) is 1. The van der Waals surface area contributed by atoms with Gasteiger partial charge in [-0.3, -0.25) is 0 Å². The van der Waals surface area contributed by atoms with E-state index >= 15 is 0 Å². The van der Waals surface area contributed by atoms with Crippen LogP contribution in [0.4, 0.5) is 0 Å². The molecule has 1 N–H and O–H groups in total. The summed E-state index contributed by atoms with van der Waals surface area (Å²) in [6.07, 6.45) is 5.54. The van der Waals surface area contributed by atoms with Crippen molar-refractivity contribution in [3.8, 4) is 0 Å². The smallest absolute Gasteiger partial charge is 0.0717 e. The molecule has 2 fully saturated rings. The minimum Gasteiger partial charge on any atom is -0.376 e. The second-order valence-electron chi connectivity index (χ2n) is 6.03. The van der Waals surface area contributed by atoms with Gasteiger partial charge in [-0.25, -0.2) is 0 Å². The number of rotatable bonds is 4. The Morgan fingerprint density at radius 2 is 1.83 bits per heavy atom. The summed E-state index contributed by atoms with van der Waals surface area (Å²) in [5.41, 5.74) is 1.97. The molecular weight excluding hydrogens is 222 g/mol. The summed E-state index contributed by atoms with van der Waals surface area (Å²) in [5, 5.41) is 3.46. The van der Waals surface area contributed by atoms with Crippen molar-refractivity contribution in [3.05, 3.63) is 35.9 Å². The van der Waals surface area contributed by atoms with E-state index in [1.807, 2.05) is 0 Å². The predicted molar refractivity (Wildman–Crippen MR) is 73.4 cm³/mol. The molecule has 1 saturated heterocycles. The standard InChI is InChI=1S/C16H23NO/c1-2-4-14(5-3-1)12-18-13-15-10-16(11-15)6-8-17-9-7-16/h1-5,15,17H,6-13H2. The number of piperidine rings is 1. The van der Waals surface area contributed by atoms with Crippen LogP contribution >= 0.6 is 0 Å². The first-order valence-corrected chi connectivity index (χ1v) is 7.19. The van der Waals surface area contributed by atoms with Crippen molar-refractivity contribution in [1.82, 2.24) is 5.32 Å². The molecular formula is C16H23NO. The lowest BCUT2D eigenvalue weighted by Gasteiger charge is -2.50. The van der Waals surface area contributed by atoms with E-state index in [0.717, 1.165) is 19.1 Å². The van der Waals surface area contributed by atoms with Crippen LogP contribution in [-0.4, -0.2) is 19.7 Å². The van der Waals surface area contributed by atoms with E-state index in [9.17, 15) is 0 Å². The third-order valence-electron chi connectivity index (χ3n) is 4.57. The van der Waals surface area contributed by atoms with Crippen molar-refractivity contribution in [2.45, 2.75) is 32.3 Å². The zero-order valence-corrected chi connectivity index (χ0v) is 11.0. The van der Waals surface area contributed by atoms with Gasteiger partial charge in [0.05, 0.1) is 6.61 Å². The average Bonchev–Trinajstić information content (AvgIpc) is 2.39. The van der Waals surface area contributed by atoms with E-state index in [1.165, 1.54) is 44.3 Å². The normalized spacial score (nSPS) is 22.9. The molecule has 1 heterocycles. The minimum absolute atomic E-state index is 0.687. The van der Waals surface area contributed by atoms with E-state index in [-0.39, 0.29) is 0 Å². The lowest BCUT2D eigenvalue weighted by atomic mass is 9.58. The largest absolute Gasteiger partial charge is 0.376 e. The Labute approximate surface area is 110 Å².